The van der Waals surface area contributed by atoms with Gasteiger partial charge in [-0.15, -0.1) is 0 Å². The first-order chi connectivity index (χ1) is 48.6. The molecule has 2 N–H and O–H groups in total. The van der Waals surface area contributed by atoms with Crippen molar-refractivity contribution in [3.8, 4) is 0 Å². The van der Waals surface area contributed by atoms with Crippen molar-refractivity contribution in [2.75, 3.05) is 13.7 Å². The van der Waals surface area contributed by atoms with Crippen LogP contribution in [0.15, 0.2) is 0 Å². The molecule has 0 aromatic heterocycles. The third-order valence-electron chi connectivity index (χ3n) is 22.5. The van der Waals surface area contributed by atoms with Crippen LogP contribution in [0.25, 0.3) is 0 Å². The van der Waals surface area contributed by atoms with E-state index in [4.69, 9.17) is 75.8 Å². The monoisotopic (exact) mass is 1480 g/mol. The molecule has 3 aliphatic carbocycles. The Kier molecular flexibility index (Phi) is 28.6. The molecule has 0 aromatic rings. The van der Waals surface area contributed by atoms with Gasteiger partial charge in [-0.05, 0) is 160 Å². The summed E-state index contributed by atoms with van der Waals surface area (Å²) in [5.74, 6) is -4.54. The first-order valence-corrected chi connectivity index (χ1v) is 37.6. The number of methoxy groups -OCH3 is 1. The van der Waals surface area contributed by atoms with Gasteiger partial charge in [-0.25, -0.2) is 19.2 Å². The van der Waals surface area contributed by atoms with Crippen LogP contribution in [-0.2, 0) is 128 Å². The molecule has 10 heterocycles. The van der Waals surface area contributed by atoms with Crippen LogP contribution in [0.4, 0.5) is 0 Å². The number of hydrogen-bond donors (Lipinski definition) is 2. The average Bonchev–Trinajstić information content (AvgIpc) is 1.58. The predicted octanol–water partition coefficient (Wildman–Crippen LogP) is 8.57. The number of hydrogen-bond acceptors (Lipinski definition) is 29. The van der Waals surface area contributed by atoms with Crippen molar-refractivity contribution in [3.05, 3.63) is 0 Å². The number of esters is 10. The maximum atomic E-state index is 12.3. The molecule has 0 bridgehead atoms. The minimum absolute atomic E-state index is 0.0231. The highest BCUT2D eigenvalue weighted by Crippen LogP contribution is 2.49. The van der Waals surface area contributed by atoms with Crippen LogP contribution < -0.4 is 0 Å². The zero-order chi connectivity index (χ0) is 77.6. The molecule has 13 rings (SSSR count). The largest absolute Gasteiger partial charge is 0.469 e. The highest BCUT2D eigenvalue weighted by molar-refractivity contribution is 5.86. The van der Waals surface area contributed by atoms with Crippen molar-refractivity contribution in [1.29, 1.82) is 0 Å². The van der Waals surface area contributed by atoms with E-state index in [1.165, 1.54) is 32.8 Å². The lowest BCUT2D eigenvalue weighted by atomic mass is 9.81. The van der Waals surface area contributed by atoms with Gasteiger partial charge in [0.05, 0.1) is 46.7 Å². The predicted molar refractivity (Wildman–Crippen MR) is 363 cm³/mol. The summed E-state index contributed by atoms with van der Waals surface area (Å²) in [6.07, 6.45) is 2.45. The number of aliphatic hydroxyl groups excluding tert-OH is 2. The molecular weight excluding hydrogens is 1360 g/mol. The van der Waals surface area contributed by atoms with E-state index in [1.54, 1.807) is 55.4 Å². The summed E-state index contributed by atoms with van der Waals surface area (Å²) in [6.45, 7) is 35.7. The number of ether oxygens (including phenoxy) is 17. The van der Waals surface area contributed by atoms with Crippen molar-refractivity contribution < 1.29 is 139 Å². The highest BCUT2D eigenvalue weighted by Gasteiger charge is 2.67. The second-order valence-corrected chi connectivity index (χ2v) is 32.2. The van der Waals surface area contributed by atoms with E-state index in [0.717, 1.165) is 57.8 Å². The zero-order valence-corrected chi connectivity index (χ0v) is 64.7. The van der Waals surface area contributed by atoms with Crippen molar-refractivity contribution in [2.24, 2.45) is 44.8 Å². The van der Waals surface area contributed by atoms with Crippen LogP contribution in [0.3, 0.4) is 0 Å². The Hall–Kier alpha value is -5.66. The minimum Gasteiger partial charge on any atom is -0.469 e. The number of rotatable bonds is 14. The molecule has 13 fully saturated rings. The summed E-state index contributed by atoms with van der Waals surface area (Å²) in [5.41, 5.74) is -2.90. The highest BCUT2D eigenvalue weighted by atomic mass is 16.9. The van der Waals surface area contributed by atoms with Crippen molar-refractivity contribution in [3.63, 3.8) is 0 Å². The lowest BCUT2D eigenvalue weighted by Gasteiger charge is -2.33. The Balaban J connectivity index is 0.000000179. The molecule has 10 aliphatic heterocycles. The summed E-state index contributed by atoms with van der Waals surface area (Å²) in [5, 5.41) is 18.9. The fourth-order valence-electron chi connectivity index (χ4n) is 13.4. The van der Waals surface area contributed by atoms with Crippen LogP contribution in [0, 0.1) is 44.8 Å². The maximum absolute atomic E-state index is 12.3. The number of cyclic esters (lactones) is 1. The Morgan fingerprint density at radius 2 is 0.837 bits per heavy atom. The molecule has 10 saturated heterocycles. The number of fused-ring (bicyclic) bond motifs is 9. The van der Waals surface area contributed by atoms with E-state index in [2.05, 4.69) is 4.74 Å². The summed E-state index contributed by atoms with van der Waals surface area (Å²) < 4.78 is 91.8. The minimum atomic E-state index is -1.44. The van der Waals surface area contributed by atoms with Gasteiger partial charge in [-0.3, -0.25) is 28.8 Å². The fraction of sp³-hybridized carbons (Fsp3) is 0.867. The molecule has 0 radical (unpaired) electrons. The molecule has 104 heavy (non-hydrogen) atoms. The quantitative estimate of drug-likeness (QED) is 0.121. The van der Waals surface area contributed by atoms with E-state index < -0.39 is 167 Å². The van der Waals surface area contributed by atoms with E-state index in [0.29, 0.717) is 38.2 Å². The van der Waals surface area contributed by atoms with Crippen LogP contribution >= 0.6 is 0 Å². The smallest absolute Gasteiger partial charge is 0.350 e. The van der Waals surface area contributed by atoms with E-state index in [1.807, 2.05) is 76.2 Å². The number of carbonyl (C=O) groups excluding carboxylic acids is 10. The molecule has 0 aromatic carbocycles. The Bertz CT molecular complexity index is 3020. The van der Waals surface area contributed by atoms with Crippen LogP contribution in [-0.4, -0.2) is 200 Å². The summed E-state index contributed by atoms with van der Waals surface area (Å²) in [7, 11) is 1.42. The van der Waals surface area contributed by atoms with Crippen LogP contribution in [0.5, 0.6) is 0 Å². The fourth-order valence-corrected chi connectivity index (χ4v) is 13.4. The molecule has 29 nitrogen and oxygen atoms in total. The van der Waals surface area contributed by atoms with Gasteiger partial charge in [0.25, 0.3) is 0 Å². The summed E-state index contributed by atoms with van der Waals surface area (Å²) >= 11 is 0. The summed E-state index contributed by atoms with van der Waals surface area (Å²) in [4.78, 5) is 118. The third kappa shape index (κ3) is 19.2. The average molecular weight is 1480 g/mol. The molecule has 20 atom stereocenters. The van der Waals surface area contributed by atoms with Crippen molar-refractivity contribution >= 4 is 59.7 Å². The van der Waals surface area contributed by atoms with Gasteiger partial charge in [-0.2, -0.15) is 0 Å². The standard InChI is InChI=1S/C18H26O7.C15H22O7.C13H20O4.C12H18O7.C8H12O2.C7H14O2.C2H6/c1-4-17(2,3)16(20)23-12-10-11(21-14(12)19)13-15(22-10)25-18(24-13)8-6-5-7-9-18;1-6-14(2,3)13(17)20-9-7-8(18-11(9)16)10-12(19-7)22-15(4,5)21-10;1-4-13(2,3)12(15)17-10-8-6-5-7-9(8)16-11(10)14;1-4-12(2,3)11(16)19-8-7-6(17-10(8)15)5(13)9(14)18-7;9-8-7-4-2-1-3-6(7)5-10-8;1-5-7(2,3)6(8)9-4;1-2/h10-13,15H,4-9H2,1-3H3;7-10,12H,6H2,1-5H3;8-10H,4-7H2,1-3H3;5-9,13-14H,4H2,1-3H3;6-7H,1-5H2;5H2,1-4H3;1-2H3. The topological polar surface area (TPSA) is 368 Å². The first-order valence-electron chi connectivity index (χ1n) is 37.6. The van der Waals surface area contributed by atoms with Gasteiger partial charge in [-0.1, -0.05) is 67.7 Å². The molecule has 592 valence electrons. The van der Waals surface area contributed by atoms with E-state index >= 15 is 0 Å². The van der Waals surface area contributed by atoms with Gasteiger partial charge in [0.15, 0.2) is 61.0 Å². The van der Waals surface area contributed by atoms with Crippen molar-refractivity contribution in [2.45, 2.75) is 357 Å². The van der Waals surface area contributed by atoms with Gasteiger partial charge in [0, 0.05) is 24.7 Å². The van der Waals surface area contributed by atoms with E-state index in [9.17, 15) is 58.2 Å². The van der Waals surface area contributed by atoms with Gasteiger partial charge in [0.2, 0.25) is 24.4 Å². The second kappa shape index (κ2) is 34.7. The summed E-state index contributed by atoms with van der Waals surface area (Å²) in [6, 6.07) is 0. The molecule has 1 spiro atoms. The molecule has 29 heteroatoms. The number of aliphatic hydroxyl groups is 2. The normalized spacial score (nSPS) is 34.7. The third-order valence-corrected chi connectivity index (χ3v) is 22.5. The maximum Gasteiger partial charge on any atom is 0.350 e. The molecule has 20 unspecified atom stereocenters. The Labute approximate surface area is 611 Å². The molecule has 13 aliphatic rings. The van der Waals surface area contributed by atoms with Crippen molar-refractivity contribution in [1.82, 2.24) is 0 Å². The van der Waals surface area contributed by atoms with Crippen LogP contribution in [0.1, 0.15) is 241 Å². The Morgan fingerprint density at radius 3 is 1.28 bits per heavy atom. The molecule has 0 amide bonds. The van der Waals surface area contributed by atoms with Gasteiger partial charge >= 0.3 is 59.7 Å². The van der Waals surface area contributed by atoms with Gasteiger partial charge in [0.1, 0.15) is 30.5 Å². The lowest BCUT2D eigenvalue weighted by Crippen LogP contribution is -2.41. The Morgan fingerprint density at radius 1 is 0.433 bits per heavy atom. The van der Waals surface area contributed by atoms with Gasteiger partial charge < -0.3 is 90.7 Å². The SMILES string of the molecule is CC.CCC(C)(C)C(=O)OC.CCC(C)(C)C(=O)OC1C(=O)OC2C(O)C(O)OC12.CCC(C)(C)C(=O)OC1C(=O)OC2C3OC(C)(C)OC3OC12.CCC(C)(C)C(=O)OC1C(=O)OC2C3OC4(CCCCC4)OC3OC12.CCC(C)(C)C(=O)OC1C(=O)OC2CCCC21.O=C1OCC2CCCCC12. The van der Waals surface area contributed by atoms with E-state index in [-0.39, 0.29) is 47.2 Å². The molecule has 3 saturated carbocycles. The zero-order valence-electron chi connectivity index (χ0n) is 64.7. The lowest BCUT2D eigenvalue weighted by molar-refractivity contribution is -0.246. The number of carbonyl (C=O) groups is 10. The first kappa shape index (κ1) is 85.6. The molecular formula is C75H118O29. The second-order valence-electron chi connectivity index (χ2n) is 32.2. The van der Waals surface area contributed by atoms with Crippen LogP contribution in [0.2, 0.25) is 0 Å².